The van der Waals surface area contributed by atoms with Gasteiger partial charge in [-0.3, -0.25) is 19.8 Å². The summed E-state index contributed by atoms with van der Waals surface area (Å²) in [6.07, 6.45) is -1.08. The lowest BCUT2D eigenvalue weighted by molar-refractivity contribution is -0.384. The van der Waals surface area contributed by atoms with Crippen LogP contribution in [-0.4, -0.2) is 46.1 Å². The van der Waals surface area contributed by atoms with Gasteiger partial charge in [0.2, 0.25) is 0 Å². The van der Waals surface area contributed by atoms with Crippen LogP contribution in [0.3, 0.4) is 0 Å². The number of nitro groups is 1. The number of non-ortho nitro benzene ring substituents is 1. The van der Waals surface area contributed by atoms with E-state index in [2.05, 4.69) is 5.32 Å². The Kier molecular flexibility index (Phi) is 5.51. The highest BCUT2D eigenvalue weighted by atomic mass is 16.6. The van der Waals surface area contributed by atoms with Crippen LogP contribution in [-0.2, 0) is 10.3 Å². The van der Waals surface area contributed by atoms with E-state index in [-0.39, 0.29) is 18.8 Å². The molecule has 1 fully saturated rings. The highest BCUT2D eigenvalue weighted by molar-refractivity contribution is 6.07. The Morgan fingerprint density at radius 1 is 1.24 bits per heavy atom. The van der Waals surface area contributed by atoms with Gasteiger partial charge in [-0.1, -0.05) is 12.1 Å². The molecule has 0 spiro atoms. The van der Waals surface area contributed by atoms with Crippen LogP contribution in [0.1, 0.15) is 18.1 Å². The van der Waals surface area contributed by atoms with Crippen LogP contribution < -0.4 is 10.1 Å². The summed E-state index contributed by atoms with van der Waals surface area (Å²) in [6, 6.07) is 12.0. The molecule has 1 aliphatic rings. The molecule has 2 atom stereocenters. The van der Waals surface area contributed by atoms with Gasteiger partial charge in [0.05, 0.1) is 11.5 Å². The first-order chi connectivity index (χ1) is 13.7. The van der Waals surface area contributed by atoms with Crippen LogP contribution in [0, 0.1) is 17.0 Å². The monoisotopic (exact) mass is 399 g/mol. The number of amides is 3. The van der Waals surface area contributed by atoms with E-state index in [0.29, 0.717) is 11.3 Å². The van der Waals surface area contributed by atoms with E-state index < -0.39 is 28.5 Å². The molecule has 2 N–H and O–H groups in total. The fourth-order valence-corrected chi connectivity index (χ4v) is 3.14. The SMILES string of the molecule is Cc1cccc(OC[C@@H](O)CN2C(=O)N[C@](C)(c3ccc([N+](=O)[O-])cc3)C2=O)c1. The average Bonchev–Trinajstić information content (AvgIpc) is 2.90. The van der Waals surface area contributed by atoms with E-state index in [1.807, 2.05) is 25.1 Å². The number of nitrogens with zero attached hydrogens (tertiary/aromatic N) is 2. The number of hydrogen-bond acceptors (Lipinski definition) is 6. The first kappa shape index (κ1) is 20.3. The van der Waals surface area contributed by atoms with Gasteiger partial charge in [0, 0.05) is 12.1 Å². The molecule has 29 heavy (non-hydrogen) atoms. The molecule has 3 amide bonds. The molecular formula is C20H21N3O6. The predicted octanol–water partition coefficient (Wildman–Crippen LogP) is 2.11. The van der Waals surface area contributed by atoms with Crippen LogP contribution in [0.15, 0.2) is 48.5 Å². The van der Waals surface area contributed by atoms with E-state index in [9.17, 15) is 24.8 Å². The highest BCUT2D eigenvalue weighted by Crippen LogP contribution is 2.30. The molecule has 1 heterocycles. The summed E-state index contributed by atoms with van der Waals surface area (Å²) in [6.45, 7) is 3.10. The number of benzene rings is 2. The predicted molar refractivity (Wildman–Crippen MR) is 103 cm³/mol. The number of urea groups is 1. The molecule has 0 aliphatic carbocycles. The zero-order valence-electron chi connectivity index (χ0n) is 16.0. The molecule has 3 rings (SSSR count). The number of rotatable bonds is 7. The third-order valence-electron chi connectivity index (χ3n) is 4.76. The molecule has 1 aliphatic heterocycles. The number of aryl methyl sites for hydroxylation is 1. The number of nitrogens with one attached hydrogen (secondary N) is 1. The van der Waals surface area contributed by atoms with Crippen LogP contribution in [0.2, 0.25) is 0 Å². The van der Waals surface area contributed by atoms with Gasteiger partial charge in [-0.2, -0.15) is 0 Å². The van der Waals surface area contributed by atoms with Gasteiger partial charge in [0.1, 0.15) is 24.0 Å². The number of imide groups is 1. The standard InChI is InChI=1S/C20H21N3O6/c1-13-4-3-5-17(10-13)29-12-16(24)11-22-18(25)20(2,21-19(22)26)14-6-8-15(9-7-14)23(27)28/h3-10,16,24H,11-12H2,1-2H3,(H,21,26)/t16-,20+/m0/s1. The van der Waals surface area contributed by atoms with Crippen molar-refractivity contribution in [3.8, 4) is 5.75 Å². The van der Waals surface area contributed by atoms with Crippen molar-refractivity contribution < 1.29 is 24.4 Å². The Balaban J connectivity index is 1.67. The van der Waals surface area contributed by atoms with Crippen molar-refractivity contribution in [1.29, 1.82) is 0 Å². The summed E-state index contributed by atoms with van der Waals surface area (Å²) >= 11 is 0. The molecular weight excluding hydrogens is 378 g/mol. The van der Waals surface area contributed by atoms with Gasteiger partial charge in [-0.15, -0.1) is 0 Å². The number of ether oxygens (including phenoxy) is 1. The van der Waals surface area contributed by atoms with E-state index in [1.165, 1.54) is 31.2 Å². The fraction of sp³-hybridized carbons (Fsp3) is 0.300. The van der Waals surface area contributed by atoms with Crippen molar-refractivity contribution >= 4 is 17.6 Å². The molecule has 0 unspecified atom stereocenters. The molecule has 2 aromatic rings. The third kappa shape index (κ3) is 4.19. The second-order valence-electron chi connectivity index (χ2n) is 7.06. The topological polar surface area (TPSA) is 122 Å². The van der Waals surface area contributed by atoms with Gasteiger partial charge in [-0.05, 0) is 49.2 Å². The number of carbonyl (C=O) groups is 2. The van der Waals surface area contributed by atoms with Crippen molar-refractivity contribution in [2.75, 3.05) is 13.2 Å². The van der Waals surface area contributed by atoms with Gasteiger partial charge in [0.25, 0.3) is 11.6 Å². The summed E-state index contributed by atoms with van der Waals surface area (Å²) in [5.41, 5.74) is -0.0716. The van der Waals surface area contributed by atoms with Gasteiger partial charge in [-0.25, -0.2) is 4.79 Å². The third-order valence-corrected chi connectivity index (χ3v) is 4.76. The minimum Gasteiger partial charge on any atom is -0.491 e. The Labute approximate surface area is 167 Å². The van der Waals surface area contributed by atoms with Crippen molar-refractivity contribution in [2.45, 2.75) is 25.5 Å². The number of aliphatic hydroxyl groups is 1. The van der Waals surface area contributed by atoms with Crippen LogP contribution >= 0.6 is 0 Å². The Bertz CT molecular complexity index is 945. The minimum atomic E-state index is -1.37. The average molecular weight is 399 g/mol. The number of β-amino-alcohol motifs (C(OH)–C–C–N with tert-alkyl or cyclic N) is 1. The summed E-state index contributed by atoms with van der Waals surface area (Å²) in [5, 5.41) is 23.6. The second-order valence-corrected chi connectivity index (χ2v) is 7.06. The van der Waals surface area contributed by atoms with Crippen LogP contribution in [0.5, 0.6) is 5.75 Å². The lowest BCUT2D eigenvalue weighted by atomic mass is 9.92. The van der Waals surface area contributed by atoms with Gasteiger partial charge < -0.3 is 15.2 Å². The second kappa shape index (κ2) is 7.88. The molecule has 2 aromatic carbocycles. The molecule has 1 saturated heterocycles. The van der Waals surface area contributed by atoms with Crippen molar-refractivity contribution in [3.63, 3.8) is 0 Å². The Morgan fingerprint density at radius 2 is 1.93 bits per heavy atom. The lowest BCUT2D eigenvalue weighted by Crippen LogP contribution is -2.42. The van der Waals surface area contributed by atoms with E-state index in [4.69, 9.17) is 4.74 Å². The summed E-state index contributed by atoms with van der Waals surface area (Å²) < 4.78 is 5.52. The number of nitro benzene ring substituents is 1. The summed E-state index contributed by atoms with van der Waals surface area (Å²) in [4.78, 5) is 36.4. The highest BCUT2D eigenvalue weighted by Gasteiger charge is 2.49. The van der Waals surface area contributed by atoms with Crippen LogP contribution in [0.25, 0.3) is 0 Å². The number of hydrogen-bond donors (Lipinski definition) is 2. The molecule has 0 aromatic heterocycles. The molecule has 0 radical (unpaired) electrons. The molecule has 9 heteroatoms. The molecule has 0 saturated carbocycles. The van der Waals surface area contributed by atoms with Gasteiger partial charge >= 0.3 is 6.03 Å². The normalized spacial score (nSPS) is 19.8. The fourth-order valence-electron chi connectivity index (χ4n) is 3.14. The maximum Gasteiger partial charge on any atom is 0.325 e. The first-order valence-corrected chi connectivity index (χ1v) is 8.97. The van der Waals surface area contributed by atoms with E-state index >= 15 is 0 Å². The largest absolute Gasteiger partial charge is 0.491 e. The smallest absolute Gasteiger partial charge is 0.325 e. The zero-order chi connectivity index (χ0) is 21.2. The summed E-state index contributed by atoms with van der Waals surface area (Å²) in [5.74, 6) is 0.0305. The Morgan fingerprint density at radius 3 is 2.55 bits per heavy atom. The van der Waals surface area contributed by atoms with Crippen molar-refractivity contribution in [2.24, 2.45) is 0 Å². The van der Waals surface area contributed by atoms with Crippen molar-refractivity contribution in [3.05, 3.63) is 69.8 Å². The minimum absolute atomic E-state index is 0.0885. The van der Waals surface area contributed by atoms with Crippen molar-refractivity contribution in [1.82, 2.24) is 10.2 Å². The van der Waals surface area contributed by atoms with Crippen LogP contribution in [0.4, 0.5) is 10.5 Å². The Hall–Kier alpha value is -3.46. The maximum absolute atomic E-state index is 12.9. The number of aliphatic hydroxyl groups excluding tert-OH is 1. The zero-order valence-corrected chi connectivity index (χ0v) is 16.0. The molecule has 9 nitrogen and oxygen atoms in total. The van der Waals surface area contributed by atoms with E-state index in [1.54, 1.807) is 6.07 Å². The van der Waals surface area contributed by atoms with Gasteiger partial charge in [0.15, 0.2) is 0 Å². The quantitative estimate of drug-likeness (QED) is 0.418. The number of carbonyl (C=O) groups excluding carboxylic acids is 2. The maximum atomic E-state index is 12.9. The molecule has 0 bridgehead atoms. The van der Waals surface area contributed by atoms with E-state index in [0.717, 1.165) is 10.5 Å². The lowest BCUT2D eigenvalue weighted by Gasteiger charge is -2.23. The first-order valence-electron chi connectivity index (χ1n) is 8.97. The molecule has 152 valence electrons. The summed E-state index contributed by atoms with van der Waals surface area (Å²) in [7, 11) is 0.